The van der Waals surface area contributed by atoms with Crippen LogP contribution < -0.4 is 0 Å². The Labute approximate surface area is 105 Å². The first-order valence-electron chi connectivity index (χ1n) is 4.40. The minimum Gasteiger partial charge on any atom is -0.478 e. The largest absolute Gasteiger partial charge is 0.478 e. The van der Waals surface area contributed by atoms with E-state index in [9.17, 15) is 14.4 Å². The molecule has 18 heavy (non-hydrogen) atoms. The zero-order chi connectivity index (χ0) is 15.6. The third-order valence-corrected chi connectivity index (χ3v) is 0.524. The number of hydrogen-bond donors (Lipinski definition) is 4. The molecule has 7 nitrogen and oxygen atoms in total. The zero-order valence-corrected chi connectivity index (χ0v) is 10.1. The van der Waals surface area contributed by atoms with Crippen molar-refractivity contribution in [3.05, 3.63) is 38.0 Å². The first kappa shape index (κ1) is 24.7. The van der Waals surface area contributed by atoms with Crippen LogP contribution in [0.5, 0.6) is 0 Å². The van der Waals surface area contributed by atoms with Crippen LogP contribution in [0.25, 0.3) is 0 Å². The van der Waals surface area contributed by atoms with E-state index < -0.39 is 17.9 Å². The van der Waals surface area contributed by atoms with Crippen molar-refractivity contribution in [2.75, 3.05) is 6.61 Å². The highest BCUT2D eigenvalue weighted by molar-refractivity contribution is 5.79. The molecule has 0 unspecified atom stereocenters. The predicted molar refractivity (Wildman–Crippen MR) is 66.3 cm³/mol. The van der Waals surface area contributed by atoms with Gasteiger partial charge in [0.25, 0.3) is 0 Å². The monoisotopic (exact) mass is 262 g/mol. The number of carboxylic acids is 3. The van der Waals surface area contributed by atoms with E-state index in [4.69, 9.17) is 20.4 Å². The molecule has 0 atom stereocenters. The fourth-order valence-electron chi connectivity index (χ4n) is 0. The lowest BCUT2D eigenvalue weighted by Gasteiger charge is -1.64. The highest BCUT2D eigenvalue weighted by Crippen LogP contribution is 1.55. The van der Waals surface area contributed by atoms with Gasteiger partial charge in [-0.05, 0) is 6.92 Å². The lowest BCUT2D eigenvalue weighted by Crippen LogP contribution is -1.82. The average molecular weight is 262 g/mol. The van der Waals surface area contributed by atoms with Crippen molar-refractivity contribution >= 4 is 17.9 Å². The zero-order valence-electron chi connectivity index (χ0n) is 10.1. The van der Waals surface area contributed by atoms with E-state index in [1.54, 1.807) is 6.92 Å². The summed E-state index contributed by atoms with van der Waals surface area (Å²) in [5.74, 6) is -2.94. The summed E-state index contributed by atoms with van der Waals surface area (Å²) >= 11 is 0. The molecule has 0 aliphatic heterocycles. The first-order chi connectivity index (χ1) is 8.22. The van der Waals surface area contributed by atoms with E-state index in [2.05, 4.69) is 19.7 Å². The predicted octanol–water partition coefficient (Wildman–Crippen LogP) is 0.770. The minimum atomic E-state index is -0.981. The third-order valence-electron chi connectivity index (χ3n) is 0.524. The molecular formula is C11H18O7. The summed E-state index contributed by atoms with van der Waals surface area (Å²) in [7, 11) is 0. The Kier molecular flexibility index (Phi) is 33.0. The number of carboxylic acid groups (broad SMARTS) is 3. The van der Waals surface area contributed by atoms with Gasteiger partial charge in [0, 0.05) is 24.8 Å². The van der Waals surface area contributed by atoms with Crippen LogP contribution >= 0.6 is 0 Å². The molecule has 0 saturated heterocycles. The third kappa shape index (κ3) is 167. The maximum Gasteiger partial charge on any atom is 0.327 e. The number of aliphatic hydroxyl groups is 1. The van der Waals surface area contributed by atoms with E-state index in [0.717, 1.165) is 18.2 Å². The van der Waals surface area contributed by atoms with Crippen LogP contribution in [0.4, 0.5) is 0 Å². The van der Waals surface area contributed by atoms with Gasteiger partial charge >= 0.3 is 17.9 Å². The molecule has 4 N–H and O–H groups in total. The lowest BCUT2D eigenvalue weighted by molar-refractivity contribution is -0.132. The molecule has 0 aromatic rings. The molecule has 7 heteroatoms. The highest BCUT2D eigenvalue weighted by Gasteiger charge is 1.74. The second kappa shape index (κ2) is 24.0. The Balaban J connectivity index is -0.0000000739. The molecule has 0 heterocycles. The van der Waals surface area contributed by atoms with Crippen LogP contribution in [0, 0.1) is 0 Å². The second-order valence-electron chi connectivity index (χ2n) is 1.94. The summed E-state index contributed by atoms with van der Waals surface area (Å²) in [6.45, 7) is 10.8. The van der Waals surface area contributed by atoms with Crippen molar-refractivity contribution in [3.8, 4) is 0 Å². The van der Waals surface area contributed by atoms with Gasteiger partial charge in [-0.25, -0.2) is 14.4 Å². The molecule has 0 aromatic heterocycles. The minimum absolute atomic E-state index is 0.250. The Hall–Kier alpha value is -2.41. The van der Waals surface area contributed by atoms with Crippen molar-refractivity contribution < 1.29 is 34.8 Å². The summed E-state index contributed by atoms with van der Waals surface area (Å²) in [6, 6.07) is 0. The maximum absolute atomic E-state index is 9.25. The van der Waals surface area contributed by atoms with Gasteiger partial charge in [-0.3, -0.25) is 0 Å². The number of rotatable bonds is 3. The Morgan fingerprint density at radius 1 is 0.833 bits per heavy atom. The van der Waals surface area contributed by atoms with Gasteiger partial charge in [-0.1, -0.05) is 19.7 Å². The molecule has 0 amide bonds. The van der Waals surface area contributed by atoms with Crippen LogP contribution in [0.15, 0.2) is 38.0 Å². The molecule has 0 rings (SSSR count). The standard InChI is InChI=1S/3C3H4O2.C2H6O/c3*1-2-3(4)5;1-2-3/h3*2H,1H2,(H,4,5);3H,2H2,1H3. The summed E-state index contributed by atoms with van der Waals surface area (Å²) in [4.78, 5) is 27.8. The Morgan fingerprint density at radius 3 is 0.889 bits per heavy atom. The topological polar surface area (TPSA) is 132 Å². The van der Waals surface area contributed by atoms with Crippen LogP contribution in [0.3, 0.4) is 0 Å². The fraction of sp³-hybridized carbons (Fsp3) is 0.182. The van der Waals surface area contributed by atoms with Crippen molar-refractivity contribution in [2.45, 2.75) is 6.92 Å². The fourth-order valence-corrected chi connectivity index (χ4v) is 0. The van der Waals surface area contributed by atoms with Gasteiger partial charge in [-0.2, -0.15) is 0 Å². The lowest BCUT2D eigenvalue weighted by atomic mass is 10.7. The smallest absolute Gasteiger partial charge is 0.327 e. The molecule has 0 fully saturated rings. The van der Waals surface area contributed by atoms with Gasteiger partial charge in [-0.15, -0.1) is 0 Å². The summed E-state index contributed by atoms with van der Waals surface area (Å²) < 4.78 is 0. The van der Waals surface area contributed by atoms with Crippen molar-refractivity contribution in [2.24, 2.45) is 0 Å². The van der Waals surface area contributed by atoms with Crippen LogP contribution in [0.2, 0.25) is 0 Å². The molecule has 0 aliphatic rings. The molecule has 0 spiro atoms. The van der Waals surface area contributed by atoms with E-state index in [0.29, 0.717) is 0 Å². The van der Waals surface area contributed by atoms with E-state index >= 15 is 0 Å². The number of aliphatic hydroxyl groups excluding tert-OH is 1. The van der Waals surface area contributed by atoms with E-state index in [1.807, 2.05) is 0 Å². The van der Waals surface area contributed by atoms with Crippen molar-refractivity contribution in [3.63, 3.8) is 0 Å². The molecule has 0 aromatic carbocycles. The van der Waals surface area contributed by atoms with E-state index in [1.165, 1.54) is 0 Å². The van der Waals surface area contributed by atoms with Crippen molar-refractivity contribution in [1.82, 2.24) is 0 Å². The van der Waals surface area contributed by atoms with Gasteiger partial charge < -0.3 is 20.4 Å². The normalized spacial score (nSPS) is 6.33. The van der Waals surface area contributed by atoms with Gasteiger partial charge in [0.1, 0.15) is 0 Å². The Morgan fingerprint density at radius 2 is 0.889 bits per heavy atom. The number of carbonyl (C=O) groups is 3. The summed E-state index contributed by atoms with van der Waals surface area (Å²) in [6.07, 6.45) is 2.50. The van der Waals surface area contributed by atoms with Crippen LogP contribution in [-0.2, 0) is 14.4 Å². The second-order valence-corrected chi connectivity index (χ2v) is 1.94. The SMILES string of the molecule is C=CC(=O)O.C=CC(=O)O.C=CC(=O)O.CCO. The quantitative estimate of drug-likeness (QED) is 0.552. The van der Waals surface area contributed by atoms with Crippen molar-refractivity contribution in [1.29, 1.82) is 0 Å². The van der Waals surface area contributed by atoms with Gasteiger partial charge in [0.05, 0.1) is 0 Å². The Bertz CT molecular complexity index is 226. The first-order valence-corrected chi connectivity index (χ1v) is 4.40. The average Bonchev–Trinajstić information content (AvgIpc) is 2.31. The molecule has 104 valence electrons. The molecule has 0 saturated carbocycles. The number of hydrogen-bond acceptors (Lipinski definition) is 4. The van der Waals surface area contributed by atoms with E-state index in [-0.39, 0.29) is 6.61 Å². The molecule has 0 radical (unpaired) electrons. The summed E-state index contributed by atoms with van der Waals surface area (Å²) in [5, 5.41) is 30.4. The molecular weight excluding hydrogens is 244 g/mol. The van der Waals surface area contributed by atoms with Gasteiger partial charge in [0.15, 0.2) is 0 Å². The van der Waals surface area contributed by atoms with Crippen LogP contribution in [-0.4, -0.2) is 44.9 Å². The van der Waals surface area contributed by atoms with Gasteiger partial charge in [0.2, 0.25) is 0 Å². The van der Waals surface area contributed by atoms with Crippen LogP contribution in [0.1, 0.15) is 6.92 Å². The maximum atomic E-state index is 9.25. The number of aliphatic carboxylic acids is 3. The highest BCUT2D eigenvalue weighted by atomic mass is 16.4. The molecule has 0 aliphatic carbocycles. The summed E-state index contributed by atoms with van der Waals surface area (Å²) in [5.41, 5.74) is 0. The molecule has 0 bridgehead atoms.